The largest absolute Gasteiger partial charge is 0.484 e. The van der Waals surface area contributed by atoms with Crippen molar-refractivity contribution < 1.29 is 27.9 Å². The van der Waals surface area contributed by atoms with Crippen LogP contribution in [0.2, 0.25) is 36.3 Å². The number of nitrogens with one attached hydrogen (secondary N) is 1. The number of hydrogen-bond donors (Lipinski definition) is 1. The van der Waals surface area contributed by atoms with E-state index < -0.39 is 34.8 Å². The summed E-state index contributed by atoms with van der Waals surface area (Å²) in [4.78, 5) is 34.0. The number of rotatable bonds is 12. The molecule has 1 aromatic heterocycles. The molecule has 2 aliphatic rings. The molecule has 11 heteroatoms. The minimum Gasteiger partial charge on any atom is -0.484 e. The van der Waals surface area contributed by atoms with Crippen molar-refractivity contribution in [2.24, 2.45) is 0 Å². The Bertz CT molecular complexity index is 1950. The highest BCUT2D eigenvalue weighted by atomic mass is 28.4. The molecule has 1 N–H and O–H groups in total. The molecule has 2 amide bonds. The summed E-state index contributed by atoms with van der Waals surface area (Å²) in [5, 5.41) is 2.77. The predicted octanol–water partition coefficient (Wildman–Crippen LogP) is 10.6. The van der Waals surface area contributed by atoms with Gasteiger partial charge in [-0.25, -0.2) is 9.78 Å². The quantitative estimate of drug-likeness (QED) is 0.143. The molecule has 0 saturated carbocycles. The molecular weight excluding hydrogens is 735 g/mol. The van der Waals surface area contributed by atoms with Crippen LogP contribution >= 0.6 is 0 Å². The minimum atomic E-state index is -2.30. The lowest BCUT2D eigenvalue weighted by Gasteiger charge is -2.42. The van der Waals surface area contributed by atoms with Crippen LogP contribution in [0.3, 0.4) is 0 Å². The number of pyridine rings is 1. The first-order valence-corrected chi connectivity index (χ1v) is 25.6. The molecule has 2 heterocycles. The van der Waals surface area contributed by atoms with Crippen molar-refractivity contribution in [2.45, 2.75) is 108 Å². The van der Waals surface area contributed by atoms with Gasteiger partial charge in [0.05, 0.1) is 24.8 Å². The average molecular weight is 794 g/mol. The zero-order valence-electron chi connectivity index (χ0n) is 34.7. The molecule has 0 spiro atoms. The summed E-state index contributed by atoms with van der Waals surface area (Å²) < 4.78 is 26.1. The second-order valence-corrected chi connectivity index (χ2v) is 27.7. The number of hydrogen-bond acceptors (Lipinski definition) is 7. The van der Waals surface area contributed by atoms with Crippen molar-refractivity contribution in [3.63, 3.8) is 0 Å². The Labute approximate surface area is 335 Å². The molecule has 0 radical (unpaired) electrons. The van der Waals surface area contributed by atoms with E-state index in [1.165, 1.54) is 11.1 Å². The smallest absolute Gasteiger partial charge is 0.410 e. The van der Waals surface area contributed by atoms with Gasteiger partial charge >= 0.3 is 6.09 Å². The summed E-state index contributed by atoms with van der Waals surface area (Å²) in [6.45, 7) is 22.8. The number of aromatic nitrogens is 1. The lowest BCUT2D eigenvalue weighted by Crippen LogP contribution is -2.52. The summed E-state index contributed by atoms with van der Waals surface area (Å²) in [5.74, 6) is 0.611. The van der Waals surface area contributed by atoms with Gasteiger partial charge in [-0.05, 0) is 88.7 Å². The lowest BCUT2D eigenvalue weighted by molar-refractivity contribution is -0.118. The van der Waals surface area contributed by atoms with Gasteiger partial charge in [-0.3, -0.25) is 9.69 Å². The topological polar surface area (TPSA) is 99.2 Å². The Balaban J connectivity index is 1.30. The van der Waals surface area contributed by atoms with Gasteiger partial charge < -0.3 is 23.6 Å². The maximum atomic E-state index is 14.8. The first kappa shape index (κ1) is 41.3. The third-order valence-electron chi connectivity index (χ3n) is 12.3. The first-order chi connectivity index (χ1) is 26.4. The molecule has 1 saturated heterocycles. The maximum absolute atomic E-state index is 14.8. The highest BCUT2D eigenvalue weighted by Gasteiger charge is 2.51. The number of nitrogens with zero attached hydrogens (tertiary/aromatic N) is 2. The molecule has 4 aromatic rings. The van der Waals surface area contributed by atoms with Gasteiger partial charge in [0.2, 0.25) is 0 Å². The summed E-state index contributed by atoms with van der Waals surface area (Å²) in [6, 6.07) is 28.8. The van der Waals surface area contributed by atoms with E-state index in [-0.39, 0.29) is 41.2 Å². The summed E-state index contributed by atoms with van der Waals surface area (Å²) in [5.41, 5.74) is 5.50. The molecule has 3 aromatic carbocycles. The highest BCUT2D eigenvalue weighted by Crippen LogP contribution is 2.47. The number of benzene rings is 3. The number of carbonyl (C=O) groups excluding carboxylic acids is 2. The monoisotopic (exact) mass is 793 g/mol. The van der Waals surface area contributed by atoms with Crippen molar-refractivity contribution in [3.05, 3.63) is 114 Å². The van der Waals surface area contributed by atoms with Gasteiger partial charge in [-0.1, -0.05) is 114 Å². The maximum Gasteiger partial charge on any atom is 0.410 e. The van der Waals surface area contributed by atoms with Crippen LogP contribution < -0.4 is 10.1 Å². The molecule has 298 valence electrons. The molecule has 56 heavy (non-hydrogen) atoms. The van der Waals surface area contributed by atoms with Crippen LogP contribution in [0.5, 0.6) is 5.75 Å². The molecular formula is C45H59N3O6Si2. The standard InChI is InChI=1S/C45H59N3O6Si2/c1-44(2,3)55(7,8)53-29-39-40(54-56(9,10)45(4,5)6)26-38(31-24-25-41(46-27-31)47-42(49)30-51-32-18-12-11-13-19-32)48(39)43(50)52-28-37-35-22-16-14-20-33(35)34-21-15-17-23-36(34)37/h11-25,27,37-40H,26,28-30H2,1-10H3,(H,46,47,49)/t38-,39-,40+/m1/s1. The van der Waals surface area contributed by atoms with Crippen LogP contribution in [0.1, 0.15) is 76.6 Å². The van der Waals surface area contributed by atoms with Crippen molar-refractivity contribution in [1.29, 1.82) is 0 Å². The van der Waals surface area contributed by atoms with Gasteiger partial charge in [0, 0.05) is 12.1 Å². The third kappa shape index (κ3) is 8.96. The Kier molecular flexibility index (Phi) is 12.0. The summed E-state index contributed by atoms with van der Waals surface area (Å²) in [6.07, 6.45) is 1.60. The highest BCUT2D eigenvalue weighted by molar-refractivity contribution is 6.74. The fourth-order valence-corrected chi connectivity index (χ4v) is 9.41. The number of anilines is 1. The molecule has 1 fully saturated rings. The van der Waals surface area contributed by atoms with Gasteiger partial charge in [0.25, 0.3) is 5.91 Å². The Morgan fingerprint density at radius 2 is 1.36 bits per heavy atom. The Morgan fingerprint density at radius 1 is 0.768 bits per heavy atom. The SMILES string of the molecule is CC(C)(C)[Si](C)(C)OC[C@@H]1[C@@H](O[Si](C)(C)C(C)(C)C)C[C@H](c2ccc(NC(=O)COc3ccccc3)nc2)N1C(=O)OCC1c2ccccc2-c2ccccc21. The Morgan fingerprint density at radius 3 is 1.93 bits per heavy atom. The molecule has 1 aliphatic carbocycles. The van der Waals surface area contributed by atoms with E-state index in [0.717, 1.165) is 16.7 Å². The van der Waals surface area contributed by atoms with Crippen LogP contribution in [0, 0.1) is 0 Å². The lowest BCUT2D eigenvalue weighted by atomic mass is 9.98. The molecule has 6 rings (SSSR count). The number of fused-ring (bicyclic) bond motifs is 3. The summed E-state index contributed by atoms with van der Waals surface area (Å²) in [7, 11) is -4.51. The fourth-order valence-electron chi connectivity index (χ4n) is 7.03. The van der Waals surface area contributed by atoms with Crippen LogP contribution in [0.4, 0.5) is 10.6 Å². The minimum absolute atomic E-state index is 0.0221. The molecule has 1 aliphatic heterocycles. The van der Waals surface area contributed by atoms with Crippen molar-refractivity contribution in [1.82, 2.24) is 9.88 Å². The van der Waals surface area contributed by atoms with Crippen molar-refractivity contribution >= 4 is 34.5 Å². The van der Waals surface area contributed by atoms with Gasteiger partial charge in [-0.15, -0.1) is 0 Å². The molecule has 9 nitrogen and oxygen atoms in total. The number of carbonyl (C=O) groups is 2. The van der Waals surface area contributed by atoms with E-state index in [1.54, 1.807) is 24.4 Å². The third-order valence-corrected chi connectivity index (χ3v) is 21.4. The molecule has 3 atom stereocenters. The van der Waals surface area contributed by atoms with Gasteiger partial charge in [-0.2, -0.15) is 0 Å². The van der Waals surface area contributed by atoms with Gasteiger partial charge in [0.15, 0.2) is 23.2 Å². The number of amides is 2. The number of ether oxygens (including phenoxy) is 2. The predicted molar refractivity (Wildman–Crippen MR) is 228 cm³/mol. The van der Waals surface area contributed by atoms with E-state index in [1.807, 2.05) is 41.3 Å². The van der Waals surface area contributed by atoms with Crippen molar-refractivity contribution in [3.8, 4) is 16.9 Å². The van der Waals surface area contributed by atoms with Crippen LogP contribution in [0.25, 0.3) is 11.1 Å². The zero-order chi connectivity index (χ0) is 40.5. The van der Waals surface area contributed by atoms with Crippen LogP contribution in [-0.2, 0) is 18.4 Å². The van der Waals surface area contributed by atoms with Crippen molar-refractivity contribution in [2.75, 3.05) is 25.1 Å². The normalized spacial score (nSPS) is 18.7. The number of para-hydroxylation sites is 1. The molecule has 0 bridgehead atoms. The van der Waals surface area contributed by atoms with E-state index in [9.17, 15) is 9.59 Å². The fraction of sp³-hybridized carbons (Fsp3) is 0.444. The van der Waals surface area contributed by atoms with E-state index in [2.05, 4.69) is 114 Å². The van der Waals surface area contributed by atoms with E-state index in [0.29, 0.717) is 24.6 Å². The second kappa shape index (κ2) is 16.3. The summed E-state index contributed by atoms with van der Waals surface area (Å²) >= 11 is 0. The van der Waals surface area contributed by atoms with Crippen LogP contribution in [0.15, 0.2) is 97.2 Å². The van der Waals surface area contributed by atoms with Gasteiger partial charge in [0.1, 0.15) is 18.2 Å². The first-order valence-electron chi connectivity index (χ1n) is 19.7. The van der Waals surface area contributed by atoms with E-state index in [4.69, 9.17) is 18.3 Å². The number of likely N-dealkylation sites (tertiary alicyclic amines) is 1. The second-order valence-electron chi connectivity index (χ2n) is 18.1. The van der Waals surface area contributed by atoms with Crippen LogP contribution in [-0.4, -0.2) is 70.5 Å². The average Bonchev–Trinajstić information content (AvgIpc) is 3.67. The van der Waals surface area contributed by atoms with E-state index >= 15 is 0 Å². The Hall–Kier alpha value is -4.30. The zero-order valence-corrected chi connectivity index (χ0v) is 36.7. The molecule has 0 unspecified atom stereocenters.